The lowest BCUT2D eigenvalue weighted by Gasteiger charge is -2.58. The Morgan fingerprint density at radius 1 is 0.430 bits per heavy atom. The average Bonchev–Trinajstić information content (AvgIpc) is 1.48. The normalized spacial score (nSPS) is 30.6. The standard InChI is InChI=1S/C101H118O27/c1-57(55-113-61(5)102)45-48-74(104)58(2)77-75(117-62(6)103)54-73-71-47-46-69-53-70(49-51-100(69,13)72(71)50-52-101(73,77)14)118-95-86(127-94-85(125-92(110)68-43-31-20-32-44-68)82(123-90(108)66-39-27-18-28-40-66)79(60(4)116-94)121-88(106)64-35-23-16-24-36-64)83(128-97(112)99(10,11)12)80(76(119-95)56-114-96(111)98(7,8)9)126-93-84(124-91(109)67-41-29-19-30-42-67)81(122-89(107)65-37-25-17-26-38-65)78(59(3)115-93)120-87(105)63-33-21-15-22-34-63/h15-44,46,57-60,70-73,75-86,93-95H,45,47-56H2,1-14H3/t57-,58-,59+,60+,70+,71-,72+,73+,75+,76-,77+,78+,79+,80-,81-,82-,83+,84-,85-,86-,93+,94+,95-,100+,101+/m1/s1. The molecule has 3 heterocycles. The zero-order valence-corrected chi connectivity index (χ0v) is 75.0. The molecule has 13 rings (SSSR count). The number of esters is 10. The van der Waals surface area contributed by atoms with Crippen LogP contribution < -0.4 is 0 Å². The fourth-order valence-corrected chi connectivity index (χ4v) is 19.5. The summed E-state index contributed by atoms with van der Waals surface area (Å²) < 4.78 is 107. The summed E-state index contributed by atoms with van der Waals surface area (Å²) in [6.07, 6.45) is -21.0. The predicted molar refractivity (Wildman–Crippen MR) is 461 cm³/mol. The highest BCUT2D eigenvalue weighted by molar-refractivity contribution is 5.93. The smallest absolute Gasteiger partial charge is 0.338 e. The Morgan fingerprint density at radius 3 is 1.24 bits per heavy atom. The number of fused-ring (bicyclic) bond motifs is 5. The third-order valence-electron chi connectivity index (χ3n) is 26.3. The first kappa shape index (κ1) is 94.8. The van der Waals surface area contributed by atoms with Crippen LogP contribution in [-0.2, 0) is 99.8 Å². The van der Waals surface area contributed by atoms with E-state index in [1.807, 2.05) is 13.8 Å². The van der Waals surface area contributed by atoms with Crippen molar-refractivity contribution in [1.29, 1.82) is 0 Å². The predicted octanol–water partition coefficient (Wildman–Crippen LogP) is 15.6. The molecular formula is C101H118O27. The number of hydrogen-bond donors (Lipinski definition) is 0. The fraction of sp³-hybridized carbons (Fsp3) is 0.515. The van der Waals surface area contributed by atoms with Gasteiger partial charge in [-0.25, -0.2) is 28.8 Å². The summed E-state index contributed by atoms with van der Waals surface area (Å²) in [6.45, 7) is 23.4. The second-order valence-corrected chi connectivity index (χ2v) is 37.5. The molecule has 0 spiro atoms. The number of ether oxygens (including phenoxy) is 16. The van der Waals surface area contributed by atoms with Gasteiger partial charge in [-0.15, -0.1) is 0 Å². The molecule has 25 atom stereocenters. The molecule has 0 N–H and O–H groups in total. The minimum absolute atomic E-state index is 0.00525. The first-order valence-corrected chi connectivity index (χ1v) is 44.4. The Balaban J connectivity index is 0.938. The zero-order chi connectivity index (χ0) is 91.7. The van der Waals surface area contributed by atoms with E-state index in [4.69, 9.17) is 75.8 Å². The number of allylic oxidation sites excluding steroid dienone is 1. The topological polar surface area (TPSA) is 335 Å². The van der Waals surface area contributed by atoms with Crippen molar-refractivity contribution in [2.45, 2.75) is 259 Å². The van der Waals surface area contributed by atoms with Crippen molar-refractivity contribution in [2.24, 2.45) is 57.2 Å². The van der Waals surface area contributed by atoms with Gasteiger partial charge in [-0.3, -0.25) is 24.0 Å². The van der Waals surface area contributed by atoms with E-state index in [9.17, 15) is 38.4 Å². The molecule has 0 aromatic heterocycles. The van der Waals surface area contributed by atoms with Crippen LogP contribution in [0.5, 0.6) is 0 Å². The number of hydrogen-bond acceptors (Lipinski definition) is 27. The summed E-state index contributed by atoms with van der Waals surface area (Å²) >= 11 is 0. The molecule has 3 saturated heterocycles. The van der Waals surface area contributed by atoms with Crippen LogP contribution in [0.4, 0.5) is 0 Å². The van der Waals surface area contributed by atoms with Gasteiger partial charge in [0.1, 0.15) is 30.7 Å². The second-order valence-electron chi connectivity index (χ2n) is 37.5. The minimum atomic E-state index is -2.00. The van der Waals surface area contributed by atoms with E-state index in [0.717, 1.165) is 18.4 Å². The summed E-state index contributed by atoms with van der Waals surface area (Å²) in [5.74, 6) is -8.56. The Bertz CT molecular complexity index is 4920. The lowest BCUT2D eigenvalue weighted by Crippen LogP contribution is -2.68. The molecule has 6 aromatic rings. The van der Waals surface area contributed by atoms with Crippen LogP contribution in [0.2, 0.25) is 0 Å². The SMILES string of the molecule is CC(=O)OC[C@H](C)CCC(=O)[C@@H](C)[C@H]1[C@@H](OC(C)=O)C[C@H]2[C@@H]3CC=C4C[C@@H](O[C@@H]5O[C@H](COC(=O)C(C)(C)C)[C@@H](O[C@@H]6O[C@@H](C)[C@H](OC(=O)c7ccccc7)[C@@H](OC(=O)c7ccccc7)[C@H]6OC(=O)c6ccccc6)[C@H](OC(=O)C(C)(C)C)[C@H]5O[C@@H]5O[C@@H](C)[C@H](OC(=O)c6ccccc6)[C@@H](OC(=O)c6ccccc6)[C@H]5OC(=O)c5ccccc5)CC[C@]4(C)[C@H]3CC[C@]12C. The Hall–Kier alpha value is -10.8. The van der Waals surface area contributed by atoms with Crippen LogP contribution in [0, 0.1) is 57.2 Å². The highest BCUT2D eigenvalue weighted by Crippen LogP contribution is 2.68. The van der Waals surface area contributed by atoms with Gasteiger partial charge in [-0.1, -0.05) is 149 Å². The van der Waals surface area contributed by atoms with E-state index >= 15 is 14.4 Å². The van der Waals surface area contributed by atoms with Crippen molar-refractivity contribution >= 4 is 65.5 Å². The number of carbonyl (C=O) groups excluding carboxylic acids is 11. The monoisotopic (exact) mass is 1760 g/mol. The Labute approximate surface area is 746 Å². The second kappa shape index (κ2) is 40.9. The number of Topliss-reactive ketones (excluding diaryl/α,β-unsaturated/α-hetero) is 1. The molecule has 7 aliphatic rings. The molecule has 0 bridgehead atoms. The summed E-state index contributed by atoms with van der Waals surface area (Å²) in [7, 11) is 0. The third kappa shape index (κ3) is 22.0. The van der Waals surface area contributed by atoms with Crippen molar-refractivity contribution < 1.29 is 129 Å². The average molecular weight is 1760 g/mol. The Morgan fingerprint density at radius 2 is 0.828 bits per heavy atom. The Kier molecular flexibility index (Phi) is 30.3. The van der Waals surface area contributed by atoms with E-state index in [2.05, 4.69) is 19.9 Å². The van der Waals surface area contributed by atoms with Crippen LogP contribution >= 0.6 is 0 Å². The van der Waals surface area contributed by atoms with E-state index in [-0.39, 0.29) is 87.8 Å². The number of carbonyl (C=O) groups is 11. The van der Waals surface area contributed by atoms with Gasteiger partial charge >= 0.3 is 59.7 Å². The maximum atomic E-state index is 15.6. The lowest BCUT2D eigenvalue weighted by atomic mass is 9.47. The van der Waals surface area contributed by atoms with Crippen LogP contribution in [0.15, 0.2) is 194 Å². The zero-order valence-electron chi connectivity index (χ0n) is 75.0. The molecule has 128 heavy (non-hydrogen) atoms. The number of rotatable bonds is 29. The number of benzene rings is 6. The van der Waals surface area contributed by atoms with Gasteiger partial charge in [0, 0.05) is 32.1 Å². The van der Waals surface area contributed by atoms with E-state index in [1.54, 1.807) is 151 Å². The van der Waals surface area contributed by atoms with Crippen LogP contribution in [0.25, 0.3) is 0 Å². The molecule has 6 aromatic carbocycles. The molecule has 4 aliphatic carbocycles. The third-order valence-corrected chi connectivity index (χ3v) is 26.3. The maximum absolute atomic E-state index is 15.6. The summed E-state index contributed by atoms with van der Waals surface area (Å²) in [5, 5.41) is 0. The van der Waals surface area contributed by atoms with Gasteiger partial charge in [-0.2, -0.15) is 0 Å². The maximum Gasteiger partial charge on any atom is 0.338 e. The molecule has 6 fully saturated rings. The van der Waals surface area contributed by atoms with E-state index in [0.29, 0.717) is 38.5 Å². The largest absolute Gasteiger partial charge is 0.466 e. The van der Waals surface area contributed by atoms with Crippen LogP contribution in [0.1, 0.15) is 217 Å². The summed E-state index contributed by atoms with van der Waals surface area (Å²) in [4.78, 5) is 159. The molecule has 0 radical (unpaired) electrons. The van der Waals surface area contributed by atoms with Gasteiger partial charge in [0.25, 0.3) is 0 Å². The van der Waals surface area contributed by atoms with Crippen LogP contribution in [0.3, 0.4) is 0 Å². The van der Waals surface area contributed by atoms with Crippen molar-refractivity contribution in [1.82, 2.24) is 0 Å². The van der Waals surface area contributed by atoms with Crippen molar-refractivity contribution in [3.8, 4) is 0 Å². The molecule has 684 valence electrons. The van der Waals surface area contributed by atoms with E-state index < -0.39 is 192 Å². The molecular weight excluding hydrogens is 1650 g/mol. The van der Waals surface area contributed by atoms with Gasteiger partial charge in [0.15, 0.2) is 67.7 Å². The van der Waals surface area contributed by atoms with Gasteiger partial charge in [-0.05, 0) is 214 Å². The first-order valence-electron chi connectivity index (χ1n) is 44.4. The molecule has 0 amide bonds. The molecule has 3 saturated carbocycles. The van der Waals surface area contributed by atoms with Gasteiger partial charge < -0.3 is 75.8 Å². The molecule has 27 heteroatoms. The number of ketones is 1. The van der Waals surface area contributed by atoms with E-state index in [1.165, 1.54) is 100 Å². The van der Waals surface area contributed by atoms with Crippen LogP contribution in [-0.4, -0.2) is 183 Å². The molecule has 27 nitrogen and oxygen atoms in total. The summed E-state index contributed by atoms with van der Waals surface area (Å²) in [6, 6.07) is 47.4. The van der Waals surface area contributed by atoms with Gasteiger partial charge in [0.05, 0.1) is 69.1 Å². The van der Waals surface area contributed by atoms with Gasteiger partial charge in [0.2, 0.25) is 0 Å². The van der Waals surface area contributed by atoms with Crippen molar-refractivity contribution in [3.63, 3.8) is 0 Å². The fourth-order valence-electron chi connectivity index (χ4n) is 19.5. The van der Waals surface area contributed by atoms with Crippen molar-refractivity contribution in [2.75, 3.05) is 13.2 Å². The molecule has 3 aliphatic heterocycles. The quantitative estimate of drug-likeness (QED) is 0.0239. The van der Waals surface area contributed by atoms with Crippen molar-refractivity contribution in [3.05, 3.63) is 227 Å². The highest BCUT2D eigenvalue weighted by Gasteiger charge is 2.65. The highest BCUT2D eigenvalue weighted by atomic mass is 16.8. The molecule has 0 unspecified atom stereocenters. The first-order chi connectivity index (χ1) is 61.0. The summed E-state index contributed by atoms with van der Waals surface area (Å²) in [5.41, 5.74) is -2.03. The minimum Gasteiger partial charge on any atom is -0.466 e. The lowest BCUT2D eigenvalue weighted by molar-refractivity contribution is -0.388.